The van der Waals surface area contributed by atoms with E-state index >= 15 is 0 Å². The molecule has 0 aromatic rings. The molecule has 2 saturated carbocycles. The predicted octanol–water partition coefficient (Wildman–Crippen LogP) is 4.14. The molecule has 2 aliphatic carbocycles. The number of hydrogen-bond acceptors (Lipinski definition) is 1. The smallest absolute Gasteiger partial charge is 0.0726 e. The molecule has 0 amide bonds. The van der Waals surface area contributed by atoms with Crippen LogP contribution in [0.1, 0.15) is 72.1 Å². The Morgan fingerprint density at radius 3 is 2.12 bits per heavy atom. The lowest BCUT2D eigenvalue weighted by atomic mass is 9.64. The molecule has 0 aromatic carbocycles. The van der Waals surface area contributed by atoms with Crippen LogP contribution in [-0.4, -0.2) is 10.7 Å². The first-order chi connectivity index (χ1) is 7.49. The van der Waals surface area contributed by atoms with Crippen molar-refractivity contribution in [3.05, 3.63) is 0 Å². The van der Waals surface area contributed by atoms with Gasteiger partial charge in [-0.15, -0.1) is 0 Å². The van der Waals surface area contributed by atoms with Gasteiger partial charge >= 0.3 is 0 Å². The minimum Gasteiger partial charge on any atom is -0.389 e. The zero-order chi connectivity index (χ0) is 11.8. The highest BCUT2D eigenvalue weighted by atomic mass is 16.3. The maximum atomic E-state index is 11.0. The molecule has 1 heteroatoms. The van der Waals surface area contributed by atoms with E-state index in [1.807, 2.05) is 0 Å². The van der Waals surface area contributed by atoms with Crippen molar-refractivity contribution in [2.45, 2.75) is 77.7 Å². The zero-order valence-corrected chi connectivity index (χ0v) is 11.3. The van der Waals surface area contributed by atoms with E-state index in [4.69, 9.17) is 0 Å². The topological polar surface area (TPSA) is 20.2 Å². The Kier molecular flexibility index (Phi) is 3.36. The van der Waals surface area contributed by atoms with E-state index in [1.54, 1.807) is 0 Å². The summed E-state index contributed by atoms with van der Waals surface area (Å²) in [5.41, 5.74) is -0.206. The highest BCUT2D eigenvalue weighted by Gasteiger charge is 2.52. The molecule has 16 heavy (non-hydrogen) atoms. The summed E-state index contributed by atoms with van der Waals surface area (Å²) in [4.78, 5) is 0. The summed E-state index contributed by atoms with van der Waals surface area (Å²) in [6, 6.07) is 0. The van der Waals surface area contributed by atoms with E-state index in [1.165, 1.54) is 44.9 Å². The van der Waals surface area contributed by atoms with Crippen molar-refractivity contribution in [2.75, 3.05) is 0 Å². The normalized spacial score (nSPS) is 43.5. The highest BCUT2D eigenvalue weighted by Crippen LogP contribution is 2.53. The van der Waals surface area contributed by atoms with E-state index in [2.05, 4.69) is 20.8 Å². The summed E-state index contributed by atoms with van der Waals surface area (Å²) >= 11 is 0. The van der Waals surface area contributed by atoms with E-state index in [0.29, 0.717) is 5.92 Å². The second-order valence-corrected chi connectivity index (χ2v) is 6.79. The number of rotatable bonds is 2. The van der Waals surface area contributed by atoms with E-state index in [0.717, 1.165) is 12.3 Å². The molecule has 0 bridgehead atoms. The average Bonchev–Trinajstić information content (AvgIpc) is 2.55. The van der Waals surface area contributed by atoms with Gasteiger partial charge in [-0.3, -0.25) is 0 Å². The molecule has 1 unspecified atom stereocenters. The standard InChI is InChI=1S/C15H28O/c1-4-12-6-8-13(9-7-12)15(16)11-5-10-14(15,2)3/h12-13,16H,4-11H2,1-3H3. The molecule has 1 atom stereocenters. The molecule has 2 fully saturated rings. The molecule has 2 aliphatic rings. The molecule has 1 N–H and O–H groups in total. The van der Waals surface area contributed by atoms with Gasteiger partial charge in [0.05, 0.1) is 5.60 Å². The van der Waals surface area contributed by atoms with Gasteiger partial charge in [0, 0.05) is 0 Å². The van der Waals surface area contributed by atoms with E-state index in [-0.39, 0.29) is 11.0 Å². The van der Waals surface area contributed by atoms with Gasteiger partial charge in [-0.1, -0.05) is 40.0 Å². The fourth-order valence-electron chi connectivity index (χ4n) is 4.16. The van der Waals surface area contributed by atoms with E-state index < -0.39 is 0 Å². The Balaban J connectivity index is 2.03. The molecule has 2 rings (SSSR count). The van der Waals surface area contributed by atoms with Crippen molar-refractivity contribution in [3.8, 4) is 0 Å². The van der Waals surface area contributed by atoms with Crippen molar-refractivity contribution < 1.29 is 5.11 Å². The first kappa shape index (κ1) is 12.4. The number of aliphatic hydroxyl groups is 1. The van der Waals surface area contributed by atoms with Crippen LogP contribution in [0.5, 0.6) is 0 Å². The Hall–Kier alpha value is -0.0400. The number of hydrogen-bond donors (Lipinski definition) is 1. The van der Waals surface area contributed by atoms with Crippen LogP contribution in [-0.2, 0) is 0 Å². The third kappa shape index (κ3) is 1.92. The van der Waals surface area contributed by atoms with Crippen molar-refractivity contribution in [1.82, 2.24) is 0 Å². The van der Waals surface area contributed by atoms with Crippen LogP contribution in [0.3, 0.4) is 0 Å². The SMILES string of the molecule is CCC1CCC(C2(O)CCCC2(C)C)CC1. The second-order valence-electron chi connectivity index (χ2n) is 6.79. The summed E-state index contributed by atoms with van der Waals surface area (Å²) in [6.07, 6.45) is 10.0. The molecule has 0 heterocycles. The lowest BCUT2D eigenvalue weighted by Crippen LogP contribution is -2.47. The molecule has 0 aromatic heterocycles. The van der Waals surface area contributed by atoms with Gasteiger partial charge in [-0.25, -0.2) is 0 Å². The Morgan fingerprint density at radius 2 is 1.69 bits per heavy atom. The van der Waals surface area contributed by atoms with Crippen LogP contribution in [0.4, 0.5) is 0 Å². The summed E-state index contributed by atoms with van der Waals surface area (Å²) in [5, 5.41) is 11.0. The summed E-state index contributed by atoms with van der Waals surface area (Å²) in [5.74, 6) is 1.51. The van der Waals surface area contributed by atoms with Crippen molar-refractivity contribution in [1.29, 1.82) is 0 Å². The molecule has 1 nitrogen and oxygen atoms in total. The molecule has 0 aliphatic heterocycles. The van der Waals surface area contributed by atoms with Crippen LogP contribution < -0.4 is 0 Å². The van der Waals surface area contributed by atoms with Crippen molar-refractivity contribution in [3.63, 3.8) is 0 Å². The average molecular weight is 224 g/mol. The quantitative estimate of drug-likeness (QED) is 0.747. The summed E-state index contributed by atoms with van der Waals surface area (Å²) < 4.78 is 0. The fraction of sp³-hybridized carbons (Fsp3) is 1.00. The van der Waals surface area contributed by atoms with Gasteiger partial charge < -0.3 is 5.11 Å². The lowest BCUT2D eigenvalue weighted by molar-refractivity contribution is -0.104. The third-order valence-electron chi connectivity index (χ3n) is 5.63. The van der Waals surface area contributed by atoms with E-state index in [9.17, 15) is 5.11 Å². The minimum absolute atomic E-state index is 0.150. The molecule has 0 radical (unpaired) electrons. The maximum absolute atomic E-state index is 11.0. The van der Waals surface area contributed by atoms with Gasteiger partial charge in [0.25, 0.3) is 0 Å². The summed E-state index contributed by atoms with van der Waals surface area (Å²) in [6.45, 7) is 6.84. The fourth-order valence-corrected chi connectivity index (χ4v) is 4.16. The molecular weight excluding hydrogens is 196 g/mol. The van der Waals surface area contributed by atoms with Crippen LogP contribution in [0.2, 0.25) is 0 Å². The first-order valence-corrected chi connectivity index (χ1v) is 7.22. The Morgan fingerprint density at radius 1 is 1.06 bits per heavy atom. The van der Waals surface area contributed by atoms with Gasteiger partial charge in [0.15, 0.2) is 0 Å². The molecular formula is C15H28O. The van der Waals surface area contributed by atoms with Crippen LogP contribution in [0, 0.1) is 17.3 Å². The zero-order valence-electron chi connectivity index (χ0n) is 11.3. The highest BCUT2D eigenvalue weighted by molar-refractivity contribution is 5.03. The monoisotopic (exact) mass is 224 g/mol. The van der Waals surface area contributed by atoms with Gasteiger partial charge in [0.2, 0.25) is 0 Å². The summed E-state index contributed by atoms with van der Waals surface area (Å²) in [7, 11) is 0. The van der Waals surface area contributed by atoms with Gasteiger partial charge in [-0.2, -0.15) is 0 Å². The van der Waals surface area contributed by atoms with Crippen molar-refractivity contribution in [2.24, 2.45) is 17.3 Å². The van der Waals surface area contributed by atoms with Crippen LogP contribution in [0.15, 0.2) is 0 Å². The minimum atomic E-state index is -0.355. The maximum Gasteiger partial charge on any atom is 0.0726 e. The Labute approximate surface area is 101 Å². The van der Waals surface area contributed by atoms with Crippen molar-refractivity contribution >= 4 is 0 Å². The third-order valence-corrected chi connectivity index (χ3v) is 5.63. The predicted molar refractivity (Wildman–Crippen MR) is 68.3 cm³/mol. The molecule has 0 saturated heterocycles. The van der Waals surface area contributed by atoms with Gasteiger partial charge in [-0.05, 0) is 49.4 Å². The molecule has 0 spiro atoms. The Bertz CT molecular complexity index is 238. The van der Waals surface area contributed by atoms with Crippen LogP contribution in [0.25, 0.3) is 0 Å². The first-order valence-electron chi connectivity index (χ1n) is 7.22. The van der Waals surface area contributed by atoms with Crippen LogP contribution >= 0.6 is 0 Å². The molecule has 94 valence electrons. The lowest BCUT2D eigenvalue weighted by Gasteiger charge is -2.46. The largest absolute Gasteiger partial charge is 0.389 e. The second kappa shape index (κ2) is 4.33. The van der Waals surface area contributed by atoms with Gasteiger partial charge in [0.1, 0.15) is 0 Å².